The molecule has 3 aromatic rings. The van der Waals surface area contributed by atoms with Gasteiger partial charge in [0.25, 0.3) is 0 Å². The molecule has 1 atom stereocenters. The van der Waals surface area contributed by atoms with E-state index in [-0.39, 0.29) is 11.9 Å². The Kier molecular flexibility index (Phi) is 4.26. The van der Waals surface area contributed by atoms with E-state index in [9.17, 15) is 5.26 Å². The molecule has 1 saturated heterocycles. The van der Waals surface area contributed by atoms with E-state index in [0.717, 1.165) is 41.1 Å². The van der Waals surface area contributed by atoms with E-state index in [1.807, 2.05) is 24.5 Å². The summed E-state index contributed by atoms with van der Waals surface area (Å²) in [6.07, 6.45) is 7.26. The molecule has 4 rings (SSSR count). The zero-order valence-electron chi connectivity index (χ0n) is 13.7. The van der Waals surface area contributed by atoms with Gasteiger partial charge in [-0.3, -0.25) is 0 Å². The van der Waals surface area contributed by atoms with Crippen LogP contribution >= 0.6 is 11.3 Å². The number of hydrogen-bond acceptors (Lipinski definition) is 5. The van der Waals surface area contributed by atoms with E-state index in [1.165, 1.54) is 11.3 Å². The van der Waals surface area contributed by atoms with Crippen molar-refractivity contribution in [1.29, 1.82) is 5.26 Å². The number of anilines is 1. The van der Waals surface area contributed by atoms with Gasteiger partial charge in [0.2, 0.25) is 0 Å². The van der Waals surface area contributed by atoms with E-state index >= 15 is 0 Å². The van der Waals surface area contributed by atoms with Crippen LogP contribution in [-0.4, -0.2) is 16.6 Å². The average Bonchev–Trinajstić information content (AvgIpc) is 3.34. The van der Waals surface area contributed by atoms with E-state index in [4.69, 9.17) is 10.5 Å². The monoisotopic (exact) mass is 350 g/mol. The number of nitriles is 1. The third-order valence-corrected chi connectivity index (χ3v) is 5.65. The molecule has 3 N–H and O–H groups in total. The average molecular weight is 350 g/mol. The van der Waals surface area contributed by atoms with Gasteiger partial charge in [0.05, 0.1) is 11.8 Å². The Labute approximate surface area is 150 Å². The number of thiophene rings is 1. The Morgan fingerprint density at radius 1 is 1.32 bits per heavy atom. The largest absolute Gasteiger partial charge is 0.383 e. The molecule has 1 fully saturated rings. The fourth-order valence-corrected chi connectivity index (χ4v) is 4.26. The summed E-state index contributed by atoms with van der Waals surface area (Å²) >= 11 is 1.67. The minimum absolute atomic E-state index is 0.168. The van der Waals surface area contributed by atoms with Crippen LogP contribution in [0, 0.1) is 11.3 Å². The molecule has 1 aliphatic rings. The smallest absolute Gasteiger partial charge is 0.142 e. The maximum Gasteiger partial charge on any atom is 0.142 e. The molecule has 0 amide bonds. The van der Waals surface area contributed by atoms with Gasteiger partial charge in [-0.2, -0.15) is 5.26 Å². The number of nitrogens with zero attached hydrogens (tertiary/aromatic N) is 2. The van der Waals surface area contributed by atoms with Gasteiger partial charge in [-0.25, -0.2) is 4.98 Å². The third-order valence-electron chi connectivity index (χ3n) is 4.44. The normalized spacial score (nSPS) is 17.3. The second kappa shape index (κ2) is 6.71. The van der Waals surface area contributed by atoms with Crippen LogP contribution in [-0.2, 0) is 4.74 Å². The first-order chi connectivity index (χ1) is 12.3. The number of ether oxygens (including phenoxy) is 1. The van der Waals surface area contributed by atoms with Crippen LogP contribution in [0.2, 0.25) is 0 Å². The first-order valence-corrected chi connectivity index (χ1v) is 9.13. The van der Waals surface area contributed by atoms with Crippen molar-refractivity contribution in [1.82, 2.24) is 9.97 Å². The molecule has 0 saturated carbocycles. The summed E-state index contributed by atoms with van der Waals surface area (Å²) in [7, 11) is 0. The highest BCUT2D eigenvalue weighted by molar-refractivity contribution is 7.15. The van der Waals surface area contributed by atoms with Crippen LogP contribution in [0.1, 0.15) is 35.8 Å². The summed E-state index contributed by atoms with van der Waals surface area (Å²) in [4.78, 5) is 9.63. The van der Waals surface area contributed by atoms with Crippen molar-refractivity contribution in [3.63, 3.8) is 0 Å². The lowest BCUT2D eigenvalue weighted by Crippen LogP contribution is -2.09. The van der Waals surface area contributed by atoms with E-state index in [2.05, 4.69) is 28.2 Å². The van der Waals surface area contributed by atoms with Crippen LogP contribution in [0.15, 0.2) is 36.7 Å². The fourth-order valence-electron chi connectivity index (χ4n) is 3.14. The van der Waals surface area contributed by atoms with Crippen LogP contribution in [0.25, 0.3) is 21.7 Å². The predicted molar refractivity (Wildman–Crippen MR) is 99.0 cm³/mol. The minimum atomic E-state index is 0.168. The van der Waals surface area contributed by atoms with Crippen molar-refractivity contribution in [3.8, 4) is 27.8 Å². The number of aromatic amines is 1. The van der Waals surface area contributed by atoms with Crippen molar-refractivity contribution in [2.24, 2.45) is 0 Å². The van der Waals surface area contributed by atoms with Crippen molar-refractivity contribution < 1.29 is 4.74 Å². The Hall–Kier alpha value is -2.62. The number of pyridine rings is 1. The quantitative estimate of drug-likeness (QED) is 0.728. The van der Waals surface area contributed by atoms with E-state index in [0.29, 0.717) is 5.56 Å². The summed E-state index contributed by atoms with van der Waals surface area (Å²) in [6, 6.07) is 10.2. The Morgan fingerprint density at radius 2 is 2.24 bits per heavy atom. The van der Waals surface area contributed by atoms with E-state index < -0.39 is 0 Å². The highest BCUT2D eigenvalue weighted by atomic mass is 32.1. The van der Waals surface area contributed by atoms with Crippen molar-refractivity contribution >= 4 is 17.2 Å². The third kappa shape index (κ3) is 3.04. The van der Waals surface area contributed by atoms with Crippen molar-refractivity contribution in [2.45, 2.75) is 25.4 Å². The van der Waals surface area contributed by atoms with Crippen molar-refractivity contribution in [3.05, 3.63) is 47.1 Å². The topological polar surface area (TPSA) is 87.7 Å². The zero-order chi connectivity index (χ0) is 17.2. The molecule has 25 heavy (non-hydrogen) atoms. The molecule has 0 aromatic carbocycles. The van der Waals surface area contributed by atoms with E-state index in [1.54, 1.807) is 11.3 Å². The van der Waals surface area contributed by atoms with Crippen LogP contribution in [0.3, 0.4) is 0 Å². The summed E-state index contributed by atoms with van der Waals surface area (Å²) in [5.41, 5.74) is 9.03. The highest BCUT2D eigenvalue weighted by Gasteiger charge is 2.20. The molecule has 6 heteroatoms. The molecule has 0 spiro atoms. The van der Waals surface area contributed by atoms with Gasteiger partial charge in [-0.1, -0.05) is 0 Å². The maximum absolute atomic E-state index is 9.54. The number of nitrogen functional groups attached to an aromatic ring is 1. The molecular weight excluding hydrogens is 332 g/mol. The Balaban J connectivity index is 1.76. The first-order valence-electron chi connectivity index (χ1n) is 8.32. The second-order valence-corrected chi connectivity index (χ2v) is 7.20. The van der Waals surface area contributed by atoms with Crippen LogP contribution in [0.4, 0.5) is 5.82 Å². The lowest BCUT2D eigenvalue weighted by molar-refractivity contribution is 0.0172. The molecule has 4 heterocycles. The summed E-state index contributed by atoms with van der Waals surface area (Å²) in [5.74, 6) is 0.264. The lowest BCUT2D eigenvalue weighted by atomic mass is 10.0. The maximum atomic E-state index is 9.54. The summed E-state index contributed by atoms with van der Waals surface area (Å²) in [5, 5.41) is 9.54. The SMILES string of the molecule is N#Cc1c(-c2ccc(C3CCCCO3)s2)cc(-c2cc[nH]c2)nc1N. The van der Waals surface area contributed by atoms with Gasteiger partial charge >= 0.3 is 0 Å². The van der Waals surface area contributed by atoms with Gasteiger partial charge < -0.3 is 15.5 Å². The molecule has 0 bridgehead atoms. The summed E-state index contributed by atoms with van der Waals surface area (Å²) < 4.78 is 5.88. The predicted octanol–water partition coefficient (Wildman–Crippen LogP) is 4.50. The lowest BCUT2D eigenvalue weighted by Gasteiger charge is -2.21. The number of nitrogens with one attached hydrogen (secondary N) is 1. The molecule has 0 aliphatic carbocycles. The van der Waals surface area contributed by atoms with Gasteiger partial charge in [-0.15, -0.1) is 11.3 Å². The first kappa shape index (κ1) is 15.9. The van der Waals surface area contributed by atoms with Gasteiger partial charge in [0, 0.05) is 39.9 Å². The van der Waals surface area contributed by atoms with Crippen LogP contribution in [0.5, 0.6) is 0 Å². The summed E-state index contributed by atoms with van der Waals surface area (Å²) in [6.45, 7) is 0.821. The molecule has 1 aliphatic heterocycles. The van der Waals surface area contributed by atoms with Gasteiger partial charge in [0.15, 0.2) is 0 Å². The van der Waals surface area contributed by atoms with Crippen molar-refractivity contribution in [2.75, 3.05) is 12.3 Å². The molecular formula is C19H18N4OS. The molecule has 3 aromatic heterocycles. The van der Waals surface area contributed by atoms with Gasteiger partial charge in [0.1, 0.15) is 17.5 Å². The molecule has 1 unspecified atom stereocenters. The fraction of sp³-hybridized carbons (Fsp3) is 0.263. The Bertz CT molecular complexity index is 918. The number of H-pyrrole nitrogens is 1. The zero-order valence-corrected chi connectivity index (χ0v) is 14.5. The standard InChI is InChI=1S/C19H18N4OS/c20-10-14-13(9-15(23-19(14)21)12-6-7-22-11-12)17-4-5-18(25-17)16-3-1-2-8-24-16/h4-7,9,11,16,22H,1-3,8H2,(H2,21,23). The second-order valence-electron chi connectivity index (χ2n) is 6.08. The Morgan fingerprint density at radius 3 is 2.96 bits per heavy atom. The highest BCUT2D eigenvalue weighted by Crippen LogP contribution is 2.39. The molecule has 0 radical (unpaired) electrons. The minimum Gasteiger partial charge on any atom is -0.383 e. The van der Waals surface area contributed by atoms with Gasteiger partial charge in [-0.05, 0) is 43.5 Å². The number of aromatic nitrogens is 2. The molecule has 126 valence electrons. The number of nitrogens with two attached hydrogens (primary N) is 1. The number of hydrogen-bond donors (Lipinski definition) is 2. The number of rotatable bonds is 3. The molecule has 5 nitrogen and oxygen atoms in total. The van der Waals surface area contributed by atoms with Crippen LogP contribution < -0.4 is 5.73 Å².